The van der Waals surface area contributed by atoms with Gasteiger partial charge in [0.15, 0.2) is 0 Å². The molecule has 2 amide bonds. The second kappa shape index (κ2) is 8.51. The Hall–Kier alpha value is -2.10. The summed E-state index contributed by atoms with van der Waals surface area (Å²) in [4.78, 5) is 26.4. The lowest BCUT2D eigenvalue weighted by molar-refractivity contribution is -0.122. The van der Waals surface area contributed by atoms with Gasteiger partial charge in [-0.1, -0.05) is 37.6 Å². The van der Waals surface area contributed by atoms with E-state index >= 15 is 0 Å². The zero-order valence-electron chi connectivity index (χ0n) is 13.8. The van der Waals surface area contributed by atoms with E-state index in [0.717, 1.165) is 31.5 Å². The Kier molecular flexibility index (Phi) is 6.39. The van der Waals surface area contributed by atoms with Crippen LogP contribution in [0.15, 0.2) is 43.0 Å². The summed E-state index contributed by atoms with van der Waals surface area (Å²) in [7, 11) is 0. The molecule has 0 radical (unpaired) electrons. The molecule has 1 heterocycles. The first-order chi connectivity index (χ1) is 11.2. The van der Waals surface area contributed by atoms with Crippen LogP contribution >= 0.6 is 0 Å². The van der Waals surface area contributed by atoms with Crippen LogP contribution in [0, 0.1) is 11.8 Å². The third-order valence-corrected chi connectivity index (χ3v) is 4.61. The molecular formula is C19H26N2O2. The summed E-state index contributed by atoms with van der Waals surface area (Å²) < 4.78 is 0. The average molecular weight is 314 g/mol. The Morgan fingerprint density at radius 3 is 2.70 bits per heavy atom. The van der Waals surface area contributed by atoms with Crippen LogP contribution in [-0.4, -0.2) is 36.3 Å². The van der Waals surface area contributed by atoms with Crippen molar-refractivity contribution in [1.82, 2.24) is 10.2 Å². The number of hydrogen-bond acceptors (Lipinski definition) is 2. The van der Waals surface area contributed by atoms with Gasteiger partial charge in [-0.05, 0) is 30.4 Å². The van der Waals surface area contributed by atoms with Gasteiger partial charge in [-0.3, -0.25) is 9.59 Å². The Bertz CT molecular complexity index is 542. The zero-order chi connectivity index (χ0) is 16.7. The number of carbonyl (C=O) groups is 2. The quantitative estimate of drug-likeness (QED) is 0.821. The van der Waals surface area contributed by atoms with E-state index in [1.807, 2.05) is 35.2 Å². The molecule has 0 aliphatic carbocycles. The second-order valence-electron chi connectivity index (χ2n) is 6.13. The summed E-state index contributed by atoms with van der Waals surface area (Å²) >= 11 is 0. The van der Waals surface area contributed by atoms with Gasteiger partial charge in [0.05, 0.1) is 0 Å². The van der Waals surface area contributed by atoms with E-state index in [4.69, 9.17) is 0 Å². The first-order valence-electron chi connectivity index (χ1n) is 8.37. The molecule has 1 aromatic carbocycles. The molecule has 4 nitrogen and oxygen atoms in total. The standard InChI is InChI=1S/C19H26N2O2/c1-3-11-20-18(22)13-17-10-12-21(14-15(17)4-2)19(23)16-8-6-5-7-9-16/h3,5-9,15,17H,1,4,10-14H2,2H3,(H,20,22). The number of rotatable bonds is 6. The molecule has 1 fully saturated rings. The molecule has 0 aromatic heterocycles. The van der Waals surface area contributed by atoms with Gasteiger partial charge >= 0.3 is 0 Å². The van der Waals surface area contributed by atoms with E-state index in [1.54, 1.807) is 6.08 Å². The van der Waals surface area contributed by atoms with Crippen LogP contribution in [0.3, 0.4) is 0 Å². The van der Waals surface area contributed by atoms with E-state index in [9.17, 15) is 9.59 Å². The SMILES string of the molecule is C=CCNC(=O)CC1CCN(C(=O)c2ccccc2)CC1CC. The molecule has 2 rings (SSSR count). The summed E-state index contributed by atoms with van der Waals surface area (Å²) in [5.74, 6) is 0.908. The maximum atomic E-state index is 12.6. The highest BCUT2D eigenvalue weighted by Gasteiger charge is 2.31. The van der Waals surface area contributed by atoms with Crippen LogP contribution in [0.25, 0.3) is 0 Å². The fourth-order valence-electron chi connectivity index (χ4n) is 3.26. The van der Waals surface area contributed by atoms with Crippen LogP contribution in [0.5, 0.6) is 0 Å². The van der Waals surface area contributed by atoms with Crippen molar-refractivity contribution in [2.45, 2.75) is 26.2 Å². The summed E-state index contributed by atoms with van der Waals surface area (Å²) in [6, 6.07) is 9.42. The van der Waals surface area contributed by atoms with E-state index in [2.05, 4.69) is 18.8 Å². The number of carbonyl (C=O) groups excluding carboxylic acids is 2. The van der Waals surface area contributed by atoms with E-state index in [0.29, 0.717) is 24.8 Å². The molecule has 23 heavy (non-hydrogen) atoms. The predicted molar refractivity (Wildman–Crippen MR) is 92.1 cm³/mol. The van der Waals surface area contributed by atoms with Gasteiger partial charge in [-0.15, -0.1) is 6.58 Å². The third-order valence-electron chi connectivity index (χ3n) is 4.61. The summed E-state index contributed by atoms with van der Waals surface area (Å²) in [6.07, 6.45) is 4.10. The Morgan fingerprint density at radius 1 is 1.30 bits per heavy atom. The van der Waals surface area contributed by atoms with Crippen LogP contribution < -0.4 is 5.32 Å². The number of benzene rings is 1. The molecule has 2 unspecified atom stereocenters. The van der Waals surface area contributed by atoms with Gasteiger partial charge in [-0.2, -0.15) is 0 Å². The van der Waals surface area contributed by atoms with Crippen LogP contribution in [-0.2, 0) is 4.79 Å². The number of likely N-dealkylation sites (tertiary alicyclic amines) is 1. The lowest BCUT2D eigenvalue weighted by atomic mass is 9.81. The number of nitrogens with zero attached hydrogens (tertiary/aromatic N) is 1. The van der Waals surface area contributed by atoms with Crippen molar-refractivity contribution in [3.8, 4) is 0 Å². The maximum absolute atomic E-state index is 12.6. The minimum Gasteiger partial charge on any atom is -0.353 e. The first-order valence-corrected chi connectivity index (χ1v) is 8.37. The highest BCUT2D eigenvalue weighted by molar-refractivity contribution is 5.94. The van der Waals surface area contributed by atoms with Gasteiger partial charge in [0, 0.05) is 31.6 Å². The predicted octanol–water partition coefficient (Wildman–Crippen LogP) is 2.87. The molecule has 1 saturated heterocycles. The van der Waals surface area contributed by atoms with Crippen molar-refractivity contribution in [3.63, 3.8) is 0 Å². The van der Waals surface area contributed by atoms with Gasteiger partial charge in [0.25, 0.3) is 5.91 Å². The molecular weight excluding hydrogens is 288 g/mol. The fraction of sp³-hybridized carbons (Fsp3) is 0.474. The summed E-state index contributed by atoms with van der Waals surface area (Å²) in [5.41, 5.74) is 0.740. The van der Waals surface area contributed by atoms with Gasteiger partial charge in [-0.25, -0.2) is 0 Å². The second-order valence-corrected chi connectivity index (χ2v) is 6.13. The van der Waals surface area contributed by atoms with Crippen LogP contribution in [0.1, 0.15) is 36.5 Å². The number of amides is 2. The highest BCUT2D eigenvalue weighted by Crippen LogP contribution is 2.29. The molecule has 0 saturated carbocycles. The van der Waals surface area contributed by atoms with Gasteiger partial charge in [0.1, 0.15) is 0 Å². The van der Waals surface area contributed by atoms with E-state index < -0.39 is 0 Å². The van der Waals surface area contributed by atoms with Crippen molar-refractivity contribution >= 4 is 11.8 Å². The Balaban J connectivity index is 1.94. The summed E-state index contributed by atoms with van der Waals surface area (Å²) in [5, 5.41) is 2.85. The minimum atomic E-state index is 0.0798. The first kappa shape index (κ1) is 17.3. The highest BCUT2D eigenvalue weighted by atomic mass is 16.2. The minimum absolute atomic E-state index is 0.0798. The summed E-state index contributed by atoms with van der Waals surface area (Å²) in [6.45, 7) is 7.72. The molecule has 0 spiro atoms. The largest absolute Gasteiger partial charge is 0.353 e. The Labute approximate surface area is 138 Å². The molecule has 1 aliphatic heterocycles. The molecule has 1 aliphatic rings. The van der Waals surface area contributed by atoms with Crippen molar-refractivity contribution in [1.29, 1.82) is 0 Å². The van der Waals surface area contributed by atoms with Crippen LogP contribution in [0.4, 0.5) is 0 Å². The normalized spacial score (nSPS) is 20.8. The van der Waals surface area contributed by atoms with Crippen molar-refractivity contribution in [2.75, 3.05) is 19.6 Å². The number of piperidine rings is 1. The molecule has 1 N–H and O–H groups in total. The lowest BCUT2D eigenvalue weighted by Gasteiger charge is -2.38. The Morgan fingerprint density at radius 2 is 2.04 bits per heavy atom. The molecule has 124 valence electrons. The van der Waals surface area contributed by atoms with E-state index in [-0.39, 0.29) is 11.8 Å². The number of hydrogen-bond donors (Lipinski definition) is 1. The fourth-order valence-corrected chi connectivity index (χ4v) is 3.26. The van der Waals surface area contributed by atoms with Crippen LogP contribution in [0.2, 0.25) is 0 Å². The third kappa shape index (κ3) is 4.68. The molecule has 2 atom stereocenters. The van der Waals surface area contributed by atoms with Gasteiger partial charge in [0.2, 0.25) is 5.91 Å². The van der Waals surface area contributed by atoms with Crippen molar-refractivity contribution in [2.24, 2.45) is 11.8 Å². The maximum Gasteiger partial charge on any atom is 0.253 e. The number of nitrogens with one attached hydrogen (secondary N) is 1. The average Bonchev–Trinajstić information content (AvgIpc) is 2.60. The van der Waals surface area contributed by atoms with Crippen molar-refractivity contribution < 1.29 is 9.59 Å². The molecule has 0 bridgehead atoms. The monoisotopic (exact) mass is 314 g/mol. The van der Waals surface area contributed by atoms with E-state index in [1.165, 1.54) is 0 Å². The van der Waals surface area contributed by atoms with Gasteiger partial charge < -0.3 is 10.2 Å². The molecule has 4 heteroatoms. The van der Waals surface area contributed by atoms with Crippen molar-refractivity contribution in [3.05, 3.63) is 48.6 Å². The smallest absolute Gasteiger partial charge is 0.253 e. The molecule has 1 aromatic rings. The topological polar surface area (TPSA) is 49.4 Å². The lowest BCUT2D eigenvalue weighted by Crippen LogP contribution is -2.44. The zero-order valence-corrected chi connectivity index (χ0v) is 13.8.